The lowest BCUT2D eigenvalue weighted by Crippen LogP contribution is -2.41. The number of phenols is 1. The number of hydrogen-bond donors (Lipinski definition) is 1. The summed E-state index contributed by atoms with van der Waals surface area (Å²) >= 11 is 0. The van der Waals surface area contributed by atoms with E-state index in [2.05, 4.69) is 4.74 Å². The van der Waals surface area contributed by atoms with E-state index in [9.17, 15) is 19.5 Å². The highest BCUT2D eigenvalue weighted by molar-refractivity contribution is 6.19. The van der Waals surface area contributed by atoms with Crippen molar-refractivity contribution in [1.82, 2.24) is 0 Å². The molecular weight excluding hydrogens is 292 g/mol. The van der Waals surface area contributed by atoms with Crippen LogP contribution >= 0.6 is 0 Å². The zero-order valence-electron chi connectivity index (χ0n) is 12.2. The van der Waals surface area contributed by atoms with E-state index in [4.69, 9.17) is 9.47 Å². The van der Waals surface area contributed by atoms with Crippen LogP contribution in [0.4, 0.5) is 0 Å². The Labute approximate surface area is 126 Å². The number of hydrogen-bond acceptors (Lipinski definition) is 7. The van der Waals surface area contributed by atoms with E-state index >= 15 is 0 Å². The Balaban J connectivity index is 2.39. The van der Waals surface area contributed by atoms with E-state index in [0.29, 0.717) is 5.56 Å². The Kier molecular flexibility index (Phi) is 3.90. The summed E-state index contributed by atoms with van der Waals surface area (Å²) < 4.78 is 14.4. The minimum atomic E-state index is -1.32. The Morgan fingerprint density at radius 3 is 2.36 bits per heavy atom. The van der Waals surface area contributed by atoms with Crippen molar-refractivity contribution >= 4 is 24.0 Å². The highest BCUT2D eigenvalue weighted by Gasteiger charge is 2.38. The van der Waals surface area contributed by atoms with E-state index in [0.717, 1.165) is 0 Å². The maximum Gasteiger partial charge on any atom is 0.348 e. The molecule has 0 aromatic heterocycles. The van der Waals surface area contributed by atoms with Crippen molar-refractivity contribution in [3.63, 3.8) is 0 Å². The number of esters is 3. The van der Waals surface area contributed by atoms with Gasteiger partial charge in [-0.1, -0.05) is 6.07 Å². The lowest BCUT2D eigenvalue weighted by molar-refractivity contribution is -0.222. The summed E-state index contributed by atoms with van der Waals surface area (Å²) in [4.78, 5) is 35.2. The van der Waals surface area contributed by atoms with Gasteiger partial charge in [-0.2, -0.15) is 0 Å². The van der Waals surface area contributed by atoms with Gasteiger partial charge in [0.05, 0.1) is 7.11 Å². The van der Waals surface area contributed by atoms with Crippen LogP contribution in [0.5, 0.6) is 5.75 Å². The molecule has 7 heteroatoms. The van der Waals surface area contributed by atoms with E-state index in [1.165, 1.54) is 45.2 Å². The number of phenolic OH excluding ortho intramolecular Hbond substituents is 1. The van der Waals surface area contributed by atoms with E-state index in [1.54, 1.807) is 0 Å². The minimum absolute atomic E-state index is 0.0882. The third kappa shape index (κ3) is 3.08. The lowest BCUT2D eigenvalue weighted by atomic mass is 10.1. The predicted octanol–water partition coefficient (Wildman–Crippen LogP) is 1.40. The molecule has 0 unspecified atom stereocenters. The summed E-state index contributed by atoms with van der Waals surface area (Å²) in [6.07, 6.45) is 1.21. The number of aromatic hydroxyl groups is 1. The van der Waals surface area contributed by atoms with Gasteiger partial charge in [0.15, 0.2) is 0 Å². The highest BCUT2D eigenvalue weighted by Crippen LogP contribution is 2.26. The number of carbonyl (C=O) groups excluding carboxylic acids is 3. The van der Waals surface area contributed by atoms with Gasteiger partial charge in [0.25, 0.3) is 5.79 Å². The van der Waals surface area contributed by atoms with Gasteiger partial charge in [-0.05, 0) is 23.8 Å². The molecule has 1 fully saturated rings. The smallest absolute Gasteiger partial charge is 0.348 e. The average molecular weight is 306 g/mol. The molecule has 2 rings (SSSR count). The number of cyclic esters (lactones) is 2. The quantitative estimate of drug-likeness (QED) is 0.501. The van der Waals surface area contributed by atoms with Crippen LogP contribution in [0.2, 0.25) is 0 Å². The fourth-order valence-corrected chi connectivity index (χ4v) is 1.86. The van der Waals surface area contributed by atoms with Crippen LogP contribution < -0.4 is 0 Å². The maximum absolute atomic E-state index is 11.8. The molecule has 22 heavy (non-hydrogen) atoms. The molecule has 0 aliphatic carbocycles. The monoisotopic (exact) mass is 306 g/mol. The van der Waals surface area contributed by atoms with Crippen molar-refractivity contribution in [1.29, 1.82) is 0 Å². The predicted molar refractivity (Wildman–Crippen MR) is 73.7 cm³/mol. The van der Waals surface area contributed by atoms with Crippen LogP contribution in [0.3, 0.4) is 0 Å². The normalized spacial score (nSPS) is 16.6. The van der Waals surface area contributed by atoms with Crippen molar-refractivity contribution in [3.05, 3.63) is 34.9 Å². The molecule has 0 atom stereocenters. The van der Waals surface area contributed by atoms with Crippen molar-refractivity contribution in [2.45, 2.75) is 19.6 Å². The summed E-state index contributed by atoms with van der Waals surface area (Å²) in [6, 6.07) is 3.96. The topological polar surface area (TPSA) is 99.1 Å². The molecule has 1 aliphatic heterocycles. The van der Waals surface area contributed by atoms with Gasteiger partial charge in [-0.15, -0.1) is 0 Å². The molecule has 0 amide bonds. The Hall–Kier alpha value is -2.83. The first kappa shape index (κ1) is 15.6. The summed E-state index contributed by atoms with van der Waals surface area (Å²) in [5, 5.41) is 9.61. The Bertz CT molecular complexity index is 663. The van der Waals surface area contributed by atoms with E-state index in [1.807, 2.05) is 0 Å². The molecule has 1 aromatic rings. The summed E-state index contributed by atoms with van der Waals surface area (Å²) in [5.41, 5.74) is -0.0580. The van der Waals surface area contributed by atoms with Crippen LogP contribution in [0.1, 0.15) is 29.8 Å². The van der Waals surface area contributed by atoms with Crippen LogP contribution in [-0.2, 0) is 23.8 Å². The van der Waals surface area contributed by atoms with Crippen LogP contribution in [0.25, 0.3) is 6.08 Å². The Morgan fingerprint density at radius 1 is 1.23 bits per heavy atom. The van der Waals surface area contributed by atoms with Gasteiger partial charge in [0.1, 0.15) is 16.9 Å². The molecule has 0 bridgehead atoms. The van der Waals surface area contributed by atoms with Crippen LogP contribution in [0.15, 0.2) is 23.8 Å². The molecule has 1 aromatic carbocycles. The van der Waals surface area contributed by atoms with Gasteiger partial charge in [-0.25, -0.2) is 14.4 Å². The van der Waals surface area contributed by atoms with E-state index in [-0.39, 0.29) is 16.9 Å². The second-order valence-electron chi connectivity index (χ2n) is 5.01. The highest BCUT2D eigenvalue weighted by atomic mass is 16.7. The van der Waals surface area contributed by atoms with Crippen molar-refractivity contribution in [2.24, 2.45) is 0 Å². The molecule has 1 aliphatic rings. The molecule has 1 saturated heterocycles. The second kappa shape index (κ2) is 5.51. The first-order valence-electron chi connectivity index (χ1n) is 6.33. The first-order chi connectivity index (χ1) is 10.2. The zero-order chi connectivity index (χ0) is 16.5. The fraction of sp³-hybridized carbons (Fsp3) is 0.267. The largest absolute Gasteiger partial charge is 0.507 e. The molecular formula is C15H14O7. The van der Waals surface area contributed by atoms with Gasteiger partial charge in [-0.3, -0.25) is 0 Å². The number of carbonyl (C=O) groups is 3. The van der Waals surface area contributed by atoms with Gasteiger partial charge >= 0.3 is 17.9 Å². The van der Waals surface area contributed by atoms with Crippen molar-refractivity contribution in [3.8, 4) is 5.75 Å². The molecule has 116 valence electrons. The number of ether oxygens (including phenoxy) is 3. The number of benzene rings is 1. The molecule has 7 nitrogen and oxygen atoms in total. The third-order valence-corrected chi connectivity index (χ3v) is 2.85. The molecule has 0 radical (unpaired) electrons. The first-order valence-corrected chi connectivity index (χ1v) is 6.33. The lowest BCUT2D eigenvalue weighted by Gasteiger charge is -2.29. The van der Waals surface area contributed by atoms with Gasteiger partial charge in [0.2, 0.25) is 0 Å². The summed E-state index contributed by atoms with van der Waals surface area (Å²) in [7, 11) is 1.17. The molecule has 0 spiro atoms. The van der Waals surface area contributed by atoms with Gasteiger partial charge < -0.3 is 19.3 Å². The minimum Gasteiger partial charge on any atom is -0.507 e. The van der Waals surface area contributed by atoms with Crippen molar-refractivity contribution < 1.29 is 33.7 Å². The standard InChI is InChI=1S/C15H14O7/c1-15(2)21-13(18)10(14(19)22-15)7-8-4-5-11(16)9(6-8)12(17)20-3/h4-7,16H,1-3H3. The van der Waals surface area contributed by atoms with Gasteiger partial charge in [0, 0.05) is 13.8 Å². The Morgan fingerprint density at radius 2 is 1.82 bits per heavy atom. The molecule has 0 saturated carbocycles. The maximum atomic E-state index is 11.8. The molecule has 1 N–H and O–H groups in total. The van der Waals surface area contributed by atoms with Crippen LogP contribution in [0, 0.1) is 0 Å². The van der Waals surface area contributed by atoms with Crippen molar-refractivity contribution in [2.75, 3.05) is 7.11 Å². The fourth-order valence-electron chi connectivity index (χ4n) is 1.86. The average Bonchev–Trinajstić information content (AvgIpc) is 2.42. The summed E-state index contributed by atoms with van der Waals surface area (Å²) in [5.74, 6) is -3.99. The number of rotatable bonds is 2. The second-order valence-corrected chi connectivity index (χ2v) is 5.01. The summed E-state index contributed by atoms with van der Waals surface area (Å²) in [6.45, 7) is 2.88. The zero-order valence-corrected chi connectivity index (χ0v) is 12.2. The molecule has 1 heterocycles. The van der Waals surface area contributed by atoms with Crippen LogP contribution in [-0.4, -0.2) is 35.9 Å². The third-order valence-electron chi connectivity index (χ3n) is 2.85. The SMILES string of the molecule is COC(=O)c1cc(C=C2C(=O)OC(C)(C)OC2=O)ccc1O. The van der Waals surface area contributed by atoms with E-state index < -0.39 is 23.7 Å². The number of methoxy groups -OCH3 is 1.